The summed E-state index contributed by atoms with van der Waals surface area (Å²) >= 11 is 0. The lowest BCUT2D eigenvalue weighted by molar-refractivity contribution is 0.0600. The standard InChI is InChI=1S/C22H22N4O3/c1-14(2)15-4-8-18(9-5-15)24-21(27)19-12-13-20(26-25-19)23-17-10-6-16(7-11-17)22(28)29-3/h4-14H,1-3H3,(H,23,26)(H,24,27). The number of hydrogen-bond acceptors (Lipinski definition) is 6. The largest absolute Gasteiger partial charge is 0.465 e. The molecule has 1 heterocycles. The summed E-state index contributed by atoms with van der Waals surface area (Å²) < 4.78 is 4.67. The molecule has 7 heteroatoms. The Morgan fingerprint density at radius 3 is 2.07 bits per heavy atom. The van der Waals surface area contributed by atoms with Gasteiger partial charge in [0.1, 0.15) is 0 Å². The van der Waals surface area contributed by atoms with Gasteiger partial charge < -0.3 is 15.4 Å². The van der Waals surface area contributed by atoms with E-state index in [2.05, 4.69) is 39.4 Å². The van der Waals surface area contributed by atoms with Gasteiger partial charge >= 0.3 is 5.97 Å². The number of amides is 1. The molecule has 3 aromatic rings. The molecule has 0 aliphatic heterocycles. The highest BCUT2D eigenvalue weighted by molar-refractivity contribution is 6.02. The number of carbonyl (C=O) groups is 2. The molecular weight excluding hydrogens is 368 g/mol. The average molecular weight is 390 g/mol. The fraction of sp³-hybridized carbons (Fsp3) is 0.182. The van der Waals surface area contributed by atoms with Gasteiger partial charge in [0.25, 0.3) is 5.91 Å². The van der Waals surface area contributed by atoms with E-state index in [9.17, 15) is 9.59 Å². The molecule has 0 bridgehead atoms. The third-order valence-corrected chi connectivity index (χ3v) is 4.31. The minimum Gasteiger partial charge on any atom is -0.465 e. The molecule has 2 aromatic carbocycles. The lowest BCUT2D eigenvalue weighted by Crippen LogP contribution is -2.14. The second kappa shape index (κ2) is 8.97. The van der Waals surface area contributed by atoms with Crippen LogP contribution in [0.25, 0.3) is 0 Å². The average Bonchev–Trinajstić information content (AvgIpc) is 2.74. The van der Waals surface area contributed by atoms with Crippen LogP contribution in [0.1, 0.15) is 46.2 Å². The summed E-state index contributed by atoms with van der Waals surface area (Å²) in [6, 6.07) is 17.7. The van der Waals surface area contributed by atoms with Gasteiger partial charge in [-0.3, -0.25) is 4.79 Å². The number of benzene rings is 2. The van der Waals surface area contributed by atoms with Crippen molar-refractivity contribution >= 4 is 29.1 Å². The number of carbonyl (C=O) groups excluding carboxylic acids is 2. The van der Waals surface area contributed by atoms with E-state index in [1.54, 1.807) is 36.4 Å². The van der Waals surface area contributed by atoms with Gasteiger partial charge in [0.2, 0.25) is 0 Å². The van der Waals surface area contributed by atoms with E-state index < -0.39 is 5.97 Å². The van der Waals surface area contributed by atoms with Crippen LogP contribution in [0.4, 0.5) is 17.2 Å². The number of anilines is 3. The molecule has 0 spiro atoms. The van der Waals surface area contributed by atoms with Crippen LogP contribution in [-0.4, -0.2) is 29.2 Å². The van der Waals surface area contributed by atoms with Gasteiger partial charge in [-0.25, -0.2) is 4.79 Å². The van der Waals surface area contributed by atoms with E-state index in [0.29, 0.717) is 23.0 Å². The smallest absolute Gasteiger partial charge is 0.337 e. The molecule has 3 rings (SSSR count). The van der Waals surface area contributed by atoms with Crippen molar-refractivity contribution in [3.05, 3.63) is 77.5 Å². The Kier molecular flexibility index (Phi) is 6.19. The molecule has 0 saturated heterocycles. The minimum atomic E-state index is -0.398. The molecule has 1 amide bonds. The maximum Gasteiger partial charge on any atom is 0.337 e. The SMILES string of the molecule is COC(=O)c1ccc(Nc2ccc(C(=O)Nc3ccc(C(C)C)cc3)nn2)cc1. The molecule has 29 heavy (non-hydrogen) atoms. The van der Waals surface area contributed by atoms with Crippen LogP contribution < -0.4 is 10.6 Å². The number of hydrogen-bond donors (Lipinski definition) is 2. The Morgan fingerprint density at radius 2 is 1.52 bits per heavy atom. The van der Waals surface area contributed by atoms with Gasteiger partial charge in [-0.15, -0.1) is 10.2 Å². The Balaban J connectivity index is 1.61. The zero-order chi connectivity index (χ0) is 20.8. The van der Waals surface area contributed by atoms with Crippen molar-refractivity contribution < 1.29 is 14.3 Å². The molecule has 0 aliphatic carbocycles. The van der Waals surface area contributed by atoms with Crippen LogP contribution in [0.15, 0.2) is 60.7 Å². The van der Waals surface area contributed by atoms with Crippen LogP contribution >= 0.6 is 0 Å². The lowest BCUT2D eigenvalue weighted by atomic mass is 10.0. The molecule has 0 radical (unpaired) electrons. The van der Waals surface area contributed by atoms with E-state index in [4.69, 9.17) is 0 Å². The predicted octanol–water partition coefficient (Wildman–Crippen LogP) is 4.38. The van der Waals surface area contributed by atoms with Crippen molar-refractivity contribution in [3.63, 3.8) is 0 Å². The Bertz CT molecular complexity index is 982. The number of rotatable bonds is 6. The third kappa shape index (κ3) is 5.16. The molecule has 0 unspecified atom stereocenters. The van der Waals surface area contributed by atoms with Crippen molar-refractivity contribution in [1.29, 1.82) is 0 Å². The summed E-state index contributed by atoms with van der Waals surface area (Å²) in [6.45, 7) is 4.23. The molecule has 2 N–H and O–H groups in total. The van der Waals surface area contributed by atoms with Gasteiger partial charge in [-0.2, -0.15) is 0 Å². The quantitative estimate of drug-likeness (QED) is 0.607. The number of nitrogens with zero attached hydrogens (tertiary/aromatic N) is 2. The first kappa shape index (κ1) is 20.0. The van der Waals surface area contributed by atoms with Crippen LogP contribution in [0.2, 0.25) is 0 Å². The summed E-state index contributed by atoms with van der Waals surface area (Å²) in [4.78, 5) is 23.8. The summed E-state index contributed by atoms with van der Waals surface area (Å²) in [5, 5.41) is 13.9. The zero-order valence-corrected chi connectivity index (χ0v) is 16.5. The highest BCUT2D eigenvalue weighted by atomic mass is 16.5. The number of aromatic nitrogens is 2. The van der Waals surface area contributed by atoms with Crippen molar-refractivity contribution in [1.82, 2.24) is 10.2 Å². The highest BCUT2D eigenvalue weighted by Crippen LogP contribution is 2.18. The van der Waals surface area contributed by atoms with Crippen molar-refractivity contribution in [2.24, 2.45) is 0 Å². The van der Waals surface area contributed by atoms with Crippen LogP contribution in [0.5, 0.6) is 0 Å². The summed E-state index contributed by atoms with van der Waals surface area (Å²) in [7, 11) is 1.34. The fourth-order valence-corrected chi connectivity index (χ4v) is 2.62. The van der Waals surface area contributed by atoms with Gasteiger partial charge in [0, 0.05) is 11.4 Å². The second-order valence-corrected chi connectivity index (χ2v) is 6.73. The zero-order valence-electron chi connectivity index (χ0n) is 16.5. The van der Waals surface area contributed by atoms with Gasteiger partial charge in [-0.1, -0.05) is 26.0 Å². The van der Waals surface area contributed by atoms with E-state index in [1.807, 2.05) is 24.3 Å². The summed E-state index contributed by atoms with van der Waals surface area (Å²) in [6.07, 6.45) is 0. The normalized spacial score (nSPS) is 10.5. The van der Waals surface area contributed by atoms with E-state index in [-0.39, 0.29) is 11.6 Å². The number of esters is 1. The van der Waals surface area contributed by atoms with Crippen molar-refractivity contribution in [2.75, 3.05) is 17.7 Å². The van der Waals surface area contributed by atoms with Gasteiger partial charge in [0.15, 0.2) is 11.5 Å². The van der Waals surface area contributed by atoms with Crippen molar-refractivity contribution in [3.8, 4) is 0 Å². The topological polar surface area (TPSA) is 93.2 Å². The lowest BCUT2D eigenvalue weighted by Gasteiger charge is -2.09. The number of nitrogens with one attached hydrogen (secondary N) is 2. The Hall–Kier alpha value is -3.74. The molecule has 0 atom stereocenters. The van der Waals surface area contributed by atoms with Crippen LogP contribution in [0, 0.1) is 0 Å². The Labute approximate surface area is 169 Å². The molecule has 7 nitrogen and oxygen atoms in total. The predicted molar refractivity (Wildman–Crippen MR) is 112 cm³/mol. The molecule has 0 saturated carbocycles. The number of ether oxygens (including phenoxy) is 1. The van der Waals surface area contributed by atoms with Crippen LogP contribution in [0.3, 0.4) is 0 Å². The van der Waals surface area contributed by atoms with Gasteiger partial charge in [-0.05, 0) is 60.0 Å². The first-order valence-corrected chi connectivity index (χ1v) is 9.16. The second-order valence-electron chi connectivity index (χ2n) is 6.73. The molecule has 0 fully saturated rings. The highest BCUT2D eigenvalue weighted by Gasteiger charge is 2.10. The number of methoxy groups -OCH3 is 1. The van der Waals surface area contributed by atoms with E-state index in [0.717, 1.165) is 5.69 Å². The molecule has 148 valence electrons. The molecule has 1 aromatic heterocycles. The van der Waals surface area contributed by atoms with E-state index >= 15 is 0 Å². The monoisotopic (exact) mass is 390 g/mol. The van der Waals surface area contributed by atoms with Crippen LogP contribution in [-0.2, 0) is 4.74 Å². The minimum absolute atomic E-state index is 0.213. The Morgan fingerprint density at radius 1 is 0.862 bits per heavy atom. The first-order chi connectivity index (χ1) is 14.0. The van der Waals surface area contributed by atoms with Crippen molar-refractivity contribution in [2.45, 2.75) is 19.8 Å². The molecule has 0 aliphatic rings. The summed E-state index contributed by atoms with van der Waals surface area (Å²) in [5.41, 5.74) is 3.31. The van der Waals surface area contributed by atoms with E-state index in [1.165, 1.54) is 12.7 Å². The fourth-order valence-electron chi connectivity index (χ4n) is 2.62. The summed E-state index contributed by atoms with van der Waals surface area (Å²) in [5.74, 6) is 0.185. The maximum atomic E-state index is 12.4. The molecular formula is C22H22N4O3. The van der Waals surface area contributed by atoms with Gasteiger partial charge in [0.05, 0.1) is 12.7 Å². The first-order valence-electron chi connectivity index (χ1n) is 9.16. The maximum absolute atomic E-state index is 12.4. The third-order valence-electron chi connectivity index (χ3n) is 4.31.